The number of likely N-dealkylation sites (tertiary alicyclic amines) is 1. The molecule has 29 heavy (non-hydrogen) atoms. The van der Waals surface area contributed by atoms with E-state index >= 15 is 0 Å². The van der Waals surface area contributed by atoms with Crippen LogP contribution in [0.5, 0.6) is 5.88 Å². The molecule has 1 aliphatic rings. The maximum atomic E-state index is 13.3. The number of carbonyl (C=O) groups is 2. The topological polar surface area (TPSA) is 86.0 Å². The molecule has 1 aromatic carbocycles. The number of esters is 1. The lowest BCUT2D eigenvalue weighted by Gasteiger charge is -2.38. The molecule has 8 nitrogen and oxygen atoms in total. The fraction of sp³-hybridized carbons (Fsp3) is 0.333. The SMILES string of the molecule is COC(=O)c1ccccc1C(=O)N1C[C@H](Oc2nccn3nccc23)CC[C@H]1C. The molecule has 0 spiro atoms. The average Bonchev–Trinajstić information content (AvgIpc) is 3.24. The number of fused-ring (bicyclic) bond motifs is 1. The molecule has 1 aliphatic heterocycles. The predicted octanol–water partition coefficient (Wildman–Crippen LogP) is 2.59. The van der Waals surface area contributed by atoms with E-state index in [1.165, 1.54) is 7.11 Å². The van der Waals surface area contributed by atoms with Gasteiger partial charge in [0.15, 0.2) is 0 Å². The summed E-state index contributed by atoms with van der Waals surface area (Å²) in [5.41, 5.74) is 1.38. The zero-order chi connectivity index (χ0) is 20.4. The highest BCUT2D eigenvalue weighted by molar-refractivity contribution is 6.05. The van der Waals surface area contributed by atoms with Crippen molar-refractivity contribution in [3.8, 4) is 5.88 Å². The Balaban J connectivity index is 1.56. The Morgan fingerprint density at radius 2 is 1.90 bits per heavy atom. The summed E-state index contributed by atoms with van der Waals surface area (Å²) in [5, 5.41) is 4.19. The minimum atomic E-state index is -0.525. The van der Waals surface area contributed by atoms with Crippen molar-refractivity contribution in [1.29, 1.82) is 0 Å². The zero-order valence-electron chi connectivity index (χ0n) is 16.3. The van der Waals surface area contributed by atoms with Crippen molar-refractivity contribution in [3.63, 3.8) is 0 Å². The van der Waals surface area contributed by atoms with E-state index in [2.05, 4.69) is 10.1 Å². The molecule has 1 amide bonds. The Labute approximate surface area is 168 Å². The van der Waals surface area contributed by atoms with Crippen LogP contribution in [0.1, 0.15) is 40.5 Å². The third kappa shape index (κ3) is 3.65. The highest BCUT2D eigenvalue weighted by Gasteiger charge is 2.32. The Morgan fingerprint density at radius 1 is 1.10 bits per heavy atom. The van der Waals surface area contributed by atoms with Crippen LogP contribution in [0.25, 0.3) is 5.52 Å². The highest BCUT2D eigenvalue weighted by Crippen LogP contribution is 2.25. The number of hydrogen-bond acceptors (Lipinski definition) is 6. The number of amides is 1. The number of rotatable bonds is 4. The van der Waals surface area contributed by atoms with Crippen molar-refractivity contribution in [1.82, 2.24) is 19.5 Å². The van der Waals surface area contributed by atoms with E-state index in [0.717, 1.165) is 18.4 Å². The van der Waals surface area contributed by atoms with Gasteiger partial charge in [-0.15, -0.1) is 0 Å². The van der Waals surface area contributed by atoms with Gasteiger partial charge in [0.05, 0.1) is 31.0 Å². The third-order valence-corrected chi connectivity index (χ3v) is 5.23. The van der Waals surface area contributed by atoms with Gasteiger partial charge in [-0.25, -0.2) is 14.3 Å². The normalized spacial score (nSPS) is 19.2. The lowest BCUT2D eigenvalue weighted by molar-refractivity contribution is 0.0370. The van der Waals surface area contributed by atoms with E-state index in [9.17, 15) is 9.59 Å². The van der Waals surface area contributed by atoms with E-state index < -0.39 is 5.97 Å². The number of nitrogens with zero attached hydrogens (tertiary/aromatic N) is 4. The molecular weight excluding hydrogens is 372 g/mol. The Morgan fingerprint density at radius 3 is 2.69 bits per heavy atom. The molecular formula is C21H22N4O4. The smallest absolute Gasteiger partial charge is 0.338 e. The van der Waals surface area contributed by atoms with Crippen LogP contribution < -0.4 is 4.74 Å². The summed E-state index contributed by atoms with van der Waals surface area (Å²) in [4.78, 5) is 31.4. The van der Waals surface area contributed by atoms with Crippen molar-refractivity contribution in [3.05, 3.63) is 60.0 Å². The number of ether oxygens (including phenoxy) is 2. The molecule has 2 atom stereocenters. The van der Waals surface area contributed by atoms with Gasteiger partial charge in [-0.2, -0.15) is 5.10 Å². The monoisotopic (exact) mass is 394 g/mol. The van der Waals surface area contributed by atoms with Crippen LogP contribution in [0, 0.1) is 0 Å². The third-order valence-electron chi connectivity index (χ3n) is 5.23. The maximum Gasteiger partial charge on any atom is 0.338 e. The Hall–Kier alpha value is -3.42. The molecule has 3 heterocycles. The minimum Gasteiger partial charge on any atom is -0.471 e. The maximum absolute atomic E-state index is 13.3. The molecule has 4 rings (SSSR count). The molecule has 0 radical (unpaired) electrons. The lowest BCUT2D eigenvalue weighted by Crippen LogP contribution is -2.49. The first-order valence-electron chi connectivity index (χ1n) is 9.52. The van der Waals surface area contributed by atoms with E-state index in [-0.39, 0.29) is 23.6 Å². The molecule has 2 aromatic heterocycles. The number of hydrogen-bond donors (Lipinski definition) is 0. The molecule has 0 saturated carbocycles. The number of benzene rings is 1. The average molecular weight is 394 g/mol. The fourth-order valence-electron chi connectivity index (χ4n) is 3.65. The van der Waals surface area contributed by atoms with Crippen molar-refractivity contribution >= 4 is 17.4 Å². The van der Waals surface area contributed by atoms with Gasteiger partial charge in [-0.1, -0.05) is 12.1 Å². The molecule has 1 fully saturated rings. The highest BCUT2D eigenvalue weighted by atomic mass is 16.5. The molecule has 0 bridgehead atoms. The van der Waals surface area contributed by atoms with Crippen LogP contribution >= 0.6 is 0 Å². The van der Waals surface area contributed by atoms with Gasteiger partial charge in [0.1, 0.15) is 11.6 Å². The van der Waals surface area contributed by atoms with Crippen molar-refractivity contribution in [2.24, 2.45) is 0 Å². The van der Waals surface area contributed by atoms with Crippen LogP contribution in [-0.2, 0) is 4.74 Å². The van der Waals surface area contributed by atoms with Crippen LogP contribution in [0.2, 0.25) is 0 Å². The van der Waals surface area contributed by atoms with Gasteiger partial charge in [0, 0.05) is 18.4 Å². The Bertz CT molecular complexity index is 1050. The quantitative estimate of drug-likeness (QED) is 0.632. The lowest BCUT2D eigenvalue weighted by atomic mass is 9.98. The van der Waals surface area contributed by atoms with Gasteiger partial charge in [0.25, 0.3) is 5.91 Å². The molecule has 150 valence electrons. The minimum absolute atomic E-state index is 0.0340. The molecule has 1 saturated heterocycles. The second-order valence-corrected chi connectivity index (χ2v) is 7.05. The van der Waals surface area contributed by atoms with Crippen LogP contribution in [0.4, 0.5) is 0 Å². The summed E-state index contributed by atoms with van der Waals surface area (Å²) in [6, 6.07) is 8.58. The van der Waals surface area contributed by atoms with E-state index in [1.54, 1.807) is 52.3 Å². The summed E-state index contributed by atoms with van der Waals surface area (Å²) in [6.07, 6.45) is 6.47. The van der Waals surface area contributed by atoms with E-state index in [0.29, 0.717) is 18.0 Å². The first-order valence-corrected chi connectivity index (χ1v) is 9.52. The standard InChI is InChI=1S/C21H22N4O4/c1-14-7-8-15(29-19-18-9-10-23-25(18)12-11-22-19)13-24(14)20(26)16-5-3-4-6-17(16)21(27)28-2/h3-6,9-12,14-15H,7-8,13H2,1-2H3/t14-,15-/m1/s1. The van der Waals surface area contributed by atoms with Crippen molar-refractivity contribution in [2.75, 3.05) is 13.7 Å². The molecule has 8 heteroatoms. The Kier molecular flexibility index (Phi) is 5.16. The van der Waals surface area contributed by atoms with Crippen LogP contribution in [0.15, 0.2) is 48.9 Å². The van der Waals surface area contributed by atoms with Gasteiger partial charge in [-0.05, 0) is 38.0 Å². The largest absolute Gasteiger partial charge is 0.471 e. The van der Waals surface area contributed by atoms with E-state index in [4.69, 9.17) is 9.47 Å². The number of carbonyl (C=O) groups excluding carboxylic acids is 2. The second-order valence-electron chi connectivity index (χ2n) is 7.05. The van der Waals surface area contributed by atoms with Crippen LogP contribution in [0.3, 0.4) is 0 Å². The molecule has 3 aromatic rings. The van der Waals surface area contributed by atoms with E-state index in [1.807, 2.05) is 13.0 Å². The van der Waals surface area contributed by atoms with Crippen LogP contribution in [-0.4, -0.2) is 57.2 Å². The summed E-state index contributed by atoms with van der Waals surface area (Å²) >= 11 is 0. The van der Waals surface area contributed by atoms with Crippen molar-refractivity contribution in [2.45, 2.75) is 31.9 Å². The summed E-state index contributed by atoms with van der Waals surface area (Å²) in [6.45, 7) is 2.41. The number of piperidine rings is 1. The van der Waals surface area contributed by atoms with Gasteiger partial charge in [-0.3, -0.25) is 4.79 Å². The van der Waals surface area contributed by atoms with Gasteiger partial charge < -0.3 is 14.4 Å². The molecule has 0 aliphatic carbocycles. The summed E-state index contributed by atoms with van der Waals surface area (Å²) in [7, 11) is 1.31. The van der Waals surface area contributed by atoms with Crippen molar-refractivity contribution < 1.29 is 19.1 Å². The summed E-state index contributed by atoms with van der Waals surface area (Å²) < 4.78 is 12.7. The zero-order valence-corrected chi connectivity index (χ0v) is 16.3. The number of aromatic nitrogens is 3. The number of methoxy groups -OCH3 is 1. The first kappa shape index (κ1) is 18.9. The molecule has 0 N–H and O–H groups in total. The first-order chi connectivity index (χ1) is 14.1. The fourth-order valence-corrected chi connectivity index (χ4v) is 3.65. The predicted molar refractivity (Wildman–Crippen MR) is 105 cm³/mol. The van der Waals surface area contributed by atoms with Gasteiger partial charge in [0.2, 0.25) is 5.88 Å². The second kappa shape index (κ2) is 7.90. The van der Waals surface area contributed by atoms with Gasteiger partial charge >= 0.3 is 5.97 Å². The summed E-state index contributed by atoms with van der Waals surface area (Å²) in [5.74, 6) is -0.239. The molecule has 0 unspecified atom stereocenters.